The first kappa shape index (κ1) is 15.1. The minimum atomic E-state index is -0.419. The van der Waals surface area contributed by atoms with Crippen LogP contribution in [0.25, 0.3) is 0 Å². The normalized spacial score (nSPS) is 22.4. The monoisotopic (exact) mass is 296 g/mol. The van der Waals surface area contributed by atoms with Gasteiger partial charge in [0, 0.05) is 16.8 Å². The van der Waals surface area contributed by atoms with Crippen molar-refractivity contribution < 1.29 is 9.53 Å². The second-order valence-electron chi connectivity index (χ2n) is 5.21. The summed E-state index contributed by atoms with van der Waals surface area (Å²) < 4.78 is 5.51. The van der Waals surface area contributed by atoms with Crippen LogP contribution in [-0.4, -0.2) is 25.3 Å². The summed E-state index contributed by atoms with van der Waals surface area (Å²) in [5.74, 6) is 0. The van der Waals surface area contributed by atoms with Crippen LogP contribution in [0.15, 0.2) is 18.2 Å². The molecule has 0 saturated heterocycles. The summed E-state index contributed by atoms with van der Waals surface area (Å²) in [6.07, 6.45) is 3.76. The van der Waals surface area contributed by atoms with Gasteiger partial charge < -0.3 is 10.1 Å². The number of ether oxygens (including phenoxy) is 1. The molecule has 0 bridgehead atoms. The molecule has 2 unspecified atom stereocenters. The molecule has 0 heterocycles. The molecule has 110 valence electrons. The van der Waals surface area contributed by atoms with Gasteiger partial charge in [-0.1, -0.05) is 24.1 Å². The Morgan fingerprint density at radius 2 is 2.10 bits per heavy atom. The first-order chi connectivity index (χ1) is 9.60. The first-order valence-corrected chi connectivity index (χ1v) is 7.39. The Bertz CT molecular complexity index is 479. The zero-order valence-corrected chi connectivity index (χ0v) is 12.7. The SMILES string of the molecule is CNC1CCCCC1OC(=O)Nc1ccc(C)c(Cl)c1. The summed E-state index contributed by atoms with van der Waals surface area (Å²) in [5.41, 5.74) is 1.63. The number of amides is 1. The predicted octanol–water partition coefficient (Wildman–Crippen LogP) is 3.73. The number of benzene rings is 1. The highest BCUT2D eigenvalue weighted by atomic mass is 35.5. The number of likely N-dealkylation sites (N-methyl/N-ethyl adjacent to an activating group) is 1. The molecule has 1 amide bonds. The minimum absolute atomic E-state index is 0.0605. The molecule has 1 fully saturated rings. The molecule has 20 heavy (non-hydrogen) atoms. The molecular weight excluding hydrogens is 276 g/mol. The van der Waals surface area contributed by atoms with Gasteiger partial charge in [0.1, 0.15) is 6.10 Å². The molecule has 0 aliphatic heterocycles. The topological polar surface area (TPSA) is 50.4 Å². The van der Waals surface area contributed by atoms with Crippen molar-refractivity contribution in [1.29, 1.82) is 0 Å². The van der Waals surface area contributed by atoms with Crippen LogP contribution in [-0.2, 0) is 4.74 Å². The first-order valence-electron chi connectivity index (χ1n) is 7.01. The van der Waals surface area contributed by atoms with Gasteiger partial charge in [-0.3, -0.25) is 5.32 Å². The fourth-order valence-electron chi connectivity index (χ4n) is 2.52. The van der Waals surface area contributed by atoms with E-state index in [0.717, 1.165) is 24.8 Å². The molecule has 1 aliphatic rings. The number of halogens is 1. The summed E-state index contributed by atoms with van der Waals surface area (Å²) in [6, 6.07) is 5.67. The van der Waals surface area contributed by atoms with Gasteiger partial charge in [0.05, 0.1) is 0 Å². The third-order valence-corrected chi connectivity index (χ3v) is 4.16. The zero-order chi connectivity index (χ0) is 14.5. The van der Waals surface area contributed by atoms with Crippen LogP contribution in [0.3, 0.4) is 0 Å². The lowest BCUT2D eigenvalue weighted by molar-refractivity contribution is 0.0640. The smallest absolute Gasteiger partial charge is 0.411 e. The molecule has 1 saturated carbocycles. The molecule has 1 aliphatic carbocycles. The molecule has 0 radical (unpaired) electrons. The van der Waals surface area contributed by atoms with Gasteiger partial charge in [0.25, 0.3) is 0 Å². The third-order valence-electron chi connectivity index (χ3n) is 3.75. The van der Waals surface area contributed by atoms with Crippen molar-refractivity contribution in [2.75, 3.05) is 12.4 Å². The van der Waals surface area contributed by atoms with Crippen LogP contribution < -0.4 is 10.6 Å². The molecule has 5 heteroatoms. The average molecular weight is 297 g/mol. The van der Waals surface area contributed by atoms with Gasteiger partial charge in [0.2, 0.25) is 0 Å². The van der Waals surface area contributed by atoms with E-state index in [1.165, 1.54) is 6.42 Å². The maximum absolute atomic E-state index is 11.9. The number of carbonyl (C=O) groups excluding carboxylic acids is 1. The van der Waals surface area contributed by atoms with Gasteiger partial charge in [-0.15, -0.1) is 0 Å². The molecular formula is C15H21ClN2O2. The number of nitrogens with one attached hydrogen (secondary N) is 2. The minimum Gasteiger partial charge on any atom is -0.444 e. The van der Waals surface area contributed by atoms with Crippen molar-refractivity contribution in [2.45, 2.75) is 44.8 Å². The Balaban J connectivity index is 1.92. The van der Waals surface area contributed by atoms with Crippen molar-refractivity contribution in [3.63, 3.8) is 0 Å². The fourth-order valence-corrected chi connectivity index (χ4v) is 2.70. The van der Waals surface area contributed by atoms with Crippen molar-refractivity contribution in [1.82, 2.24) is 5.32 Å². The highest BCUT2D eigenvalue weighted by Gasteiger charge is 2.27. The average Bonchev–Trinajstić information content (AvgIpc) is 2.43. The van der Waals surface area contributed by atoms with Crippen molar-refractivity contribution in [3.8, 4) is 0 Å². The molecule has 0 aromatic heterocycles. The van der Waals surface area contributed by atoms with Gasteiger partial charge in [-0.2, -0.15) is 0 Å². The molecule has 0 spiro atoms. The van der Waals surface area contributed by atoms with Crippen LogP contribution in [0.2, 0.25) is 5.02 Å². The van der Waals surface area contributed by atoms with E-state index < -0.39 is 6.09 Å². The van der Waals surface area contributed by atoms with Crippen LogP contribution >= 0.6 is 11.6 Å². The Labute approximate surface area is 124 Å². The lowest BCUT2D eigenvalue weighted by atomic mass is 9.92. The molecule has 4 nitrogen and oxygen atoms in total. The maximum Gasteiger partial charge on any atom is 0.411 e. The van der Waals surface area contributed by atoms with Crippen LogP contribution in [0.1, 0.15) is 31.2 Å². The largest absolute Gasteiger partial charge is 0.444 e. The summed E-state index contributed by atoms with van der Waals surface area (Å²) in [4.78, 5) is 11.9. The Morgan fingerprint density at radius 3 is 2.80 bits per heavy atom. The van der Waals surface area contributed by atoms with E-state index >= 15 is 0 Å². The maximum atomic E-state index is 11.9. The highest BCUT2D eigenvalue weighted by Crippen LogP contribution is 2.23. The Morgan fingerprint density at radius 1 is 1.35 bits per heavy atom. The highest BCUT2D eigenvalue weighted by molar-refractivity contribution is 6.31. The number of rotatable bonds is 3. The van der Waals surface area contributed by atoms with Gasteiger partial charge in [-0.05, 0) is 50.9 Å². The van der Waals surface area contributed by atoms with Crippen LogP contribution in [0.4, 0.5) is 10.5 Å². The van der Waals surface area contributed by atoms with Gasteiger partial charge in [0.15, 0.2) is 0 Å². The summed E-state index contributed by atoms with van der Waals surface area (Å²) in [5, 5.41) is 6.58. The lowest BCUT2D eigenvalue weighted by Gasteiger charge is -2.30. The van der Waals surface area contributed by atoms with Crippen molar-refractivity contribution in [3.05, 3.63) is 28.8 Å². The Kier molecular flexibility index (Phi) is 5.26. The second-order valence-corrected chi connectivity index (χ2v) is 5.62. The van der Waals surface area contributed by atoms with E-state index in [-0.39, 0.29) is 12.1 Å². The standard InChI is InChI=1S/C15H21ClN2O2/c1-10-7-8-11(9-12(10)16)18-15(19)20-14-6-4-3-5-13(14)17-2/h7-9,13-14,17H,3-6H2,1-2H3,(H,18,19). The molecule has 1 aromatic carbocycles. The van der Waals surface area contributed by atoms with E-state index in [1.807, 2.05) is 26.1 Å². The van der Waals surface area contributed by atoms with Gasteiger partial charge >= 0.3 is 6.09 Å². The number of anilines is 1. The Hall–Kier alpha value is -1.26. The predicted molar refractivity (Wildman–Crippen MR) is 81.4 cm³/mol. The zero-order valence-electron chi connectivity index (χ0n) is 11.9. The molecule has 2 rings (SSSR count). The molecule has 2 atom stereocenters. The number of aryl methyl sites for hydroxylation is 1. The molecule has 2 N–H and O–H groups in total. The number of carbonyl (C=O) groups is 1. The lowest BCUT2D eigenvalue weighted by Crippen LogP contribution is -2.43. The summed E-state index contributed by atoms with van der Waals surface area (Å²) >= 11 is 6.03. The van der Waals surface area contributed by atoms with Crippen molar-refractivity contribution >= 4 is 23.4 Å². The van der Waals surface area contributed by atoms with E-state index in [1.54, 1.807) is 6.07 Å². The summed E-state index contributed by atoms with van der Waals surface area (Å²) in [6.45, 7) is 1.92. The van der Waals surface area contributed by atoms with Crippen molar-refractivity contribution in [2.24, 2.45) is 0 Å². The molecule has 1 aromatic rings. The fraction of sp³-hybridized carbons (Fsp3) is 0.533. The van der Waals surface area contributed by atoms with Gasteiger partial charge in [-0.25, -0.2) is 4.79 Å². The van der Waals surface area contributed by atoms with E-state index in [4.69, 9.17) is 16.3 Å². The van der Waals surface area contributed by atoms with Crippen LogP contribution in [0.5, 0.6) is 0 Å². The third kappa shape index (κ3) is 3.87. The summed E-state index contributed by atoms with van der Waals surface area (Å²) in [7, 11) is 1.91. The van der Waals surface area contributed by atoms with E-state index in [2.05, 4.69) is 10.6 Å². The van der Waals surface area contributed by atoms with E-state index in [0.29, 0.717) is 10.7 Å². The number of hydrogen-bond acceptors (Lipinski definition) is 3. The van der Waals surface area contributed by atoms with E-state index in [9.17, 15) is 4.79 Å². The number of hydrogen-bond donors (Lipinski definition) is 2. The quantitative estimate of drug-likeness (QED) is 0.893. The second kappa shape index (κ2) is 6.95. The van der Waals surface area contributed by atoms with Crippen LogP contribution in [0, 0.1) is 6.92 Å².